The largest absolute Gasteiger partial charge is 0.482 e. The van der Waals surface area contributed by atoms with Crippen LogP contribution in [-0.2, 0) is 16.1 Å². The molecule has 0 bridgehead atoms. The van der Waals surface area contributed by atoms with Crippen LogP contribution in [0.2, 0.25) is 0 Å². The van der Waals surface area contributed by atoms with E-state index >= 15 is 0 Å². The Morgan fingerprint density at radius 2 is 2.05 bits per heavy atom. The highest BCUT2D eigenvalue weighted by Crippen LogP contribution is 2.26. The minimum Gasteiger partial charge on any atom is -0.482 e. The van der Waals surface area contributed by atoms with Crippen LogP contribution in [0.3, 0.4) is 0 Å². The van der Waals surface area contributed by atoms with Gasteiger partial charge in [-0.05, 0) is 17.7 Å². The van der Waals surface area contributed by atoms with Gasteiger partial charge in [0.05, 0.1) is 6.61 Å². The molecule has 1 N–H and O–H groups in total. The summed E-state index contributed by atoms with van der Waals surface area (Å²) >= 11 is 0. The van der Waals surface area contributed by atoms with Gasteiger partial charge in [-0.15, -0.1) is 0 Å². The van der Waals surface area contributed by atoms with Crippen LogP contribution in [0.1, 0.15) is 5.56 Å². The minimum absolute atomic E-state index is 0.0456. The zero-order valence-electron chi connectivity index (χ0n) is 11.7. The van der Waals surface area contributed by atoms with Crippen LogP contribution in [-0.4, -0.2) is 54.6 Å². The van der Waals surface area contributed by atoms with Crippen LogP contribution in [0.5, 0.6) is 5.75 Å². The maximum absolute atomic E-state index is 12.6. The number of rotatable bonds is 5. The Morgan fingerprint density at radius 1 is 1.36 bits per heavy atom. The highest BCUT2D eigenvalue weighted by molar-refractivity contribution is 5.68. The lowest BCUT2D eigenvalue weighted by atomic mass is 10.2. The van der Waals surface area contributed by atoms with Crippen molar-refractivity contribution in [3.05, 3.63) is 29.8 Å². The molecule has 1 aromatic rings. The van der Waals surface area contributed by atoms with Crippen molar-refractivity contribution in [3.63, 3.8) is 0 Å². The zero-order chi connectivity index (χ0) is 16.2. The normalized spacial score (nSPS) is 19.9. The molecule has 1 atom stereocenters. The SMILES string of the molecule is O=C(O)COc1ccc(CN2CCO[C@@H](C(F)(F)F)C2)cc1. The highest BCUT2D eigenvalue weighted by atomic mass is 19.4. The summed E-state index contributed by atoms with van der Waals surface area (Å²) in [5.74, 6) is -0.670. The molecule has 1 aromatic carbocycles. The van der Waals surface area contributed by atoms with Crippen molar-refractivity contribution in [3.8, 4) is 5.75 Å². The summed E-state index contributed by atoms with van der Waals surface area (Å²) in [5, 5.41) is 8.50. The predicted octanol–water partition coefficient (Wildman–Crippen LogP) is 1.91. The standard InChI is InChI=1S/C14H16F3NO4/c15-14(16,17)12-8-18(5-6-21-12)7-10-1-3-11(4-2-10)22-9-13(19)20/h1-4,12H,5-9H2,(H,19,20)/t12-/m1/s1. The molecule has 1 aliphatic rings. The van der Waals surface area contributed by atoms with Crippen molar-refractivity contribution in [1.29, 1.82) is 0 Å². The van der Waals surface area contributed by atoms with Gasteiger partial charge in [0.25, 0.3) is 0 Å². The van der Waals surface area contributed by atoms with E-state index in [1.807, 2.05) is 0 Å². The maximum atomic E-state index is 12.6. The van der Waals surface area contributed by atoms with Crippen molar-refractivity contribution in [2.75, 3.05) is 26.3 Å². The van der Waals surface area contributed by atoms with Crippen LogP contribution in [0, 0.1) is 0 Å². The number of carboxylic acid groups (broad SMARTS) is 1. The van der Waals surface area contributed by atoms with Crippen molar-refractivity contribution >= 4 is 5.97 Å². The van der Waals surface area contributed by atoms with Crippen LogP contribution in [0.4, 0.5) is 13.2 Å². The molecule has 0 spiro atoms. The number of hydrogen-bond acceptors (Lipinski definition) is 4. The summed E-state index contributed by atoms with van der Waals surface area (Å²) in [4.78, 5) is 12.1. The second-order valence-corrected chi connectivity index (χ2v) is 4.96. The summed E-state index contributed by atoms with van der Waals surface area (Å²) in [7, 11) is 0. The van der Waals surface area contributed by atoms with E-state index < -0.39 is 24.9 Å². The number of morpholine rings is 1. The number of carbonyl (C=O) groups is 1. The Balaban J connectivity index is 1.89. The van der Waals surface area contributed by atoms with Gasteiger partial charge in [0, 0.05) is 19.6 Å². The molecule has 2 rings (SSSR count). The fourth-order valence-electron chi connectivity index (χ4n) is 2.14. The van der Waals surface area contributed by atoms with E-state index in [1.165, 1.54) is 0 Å². The molecule has 0 radical (unpaired) electrons. The van der Waals surface area contributed by atoms with Gasteiger partial charge < -0.3 is 14.6 Å². The first-order valence-corrected chi connectivity index (χ1v) is 6.69. The second kappa shape index (κ2) is 6.97. The summed E-state index contributed by atoms with van der Waals surface area (Å²) in [6, 6.07) is 6.60. The van der Waals surface area contributed by atoms with Crippen LogP contribution < -0.4 is 4.74 Å². The Bertz CT molecular complexity index is 504. The fourth-order valence-corrected chi connectivity index (χ4v) is 2.14. The molecule has 0 aliphatic carbocycles. The van der Waals surface area contributed by atoms with Crippen molar-refractivity contribution in [2.45, 2.75) is 18.8 Å². The van der Waals surface area contributed by atoms with E-state index in [9.17, 15) is 18.0 Å². The third-order valence-corrected chi connectivity index (χ3v) is 3.21. The van der Waals surface area contributed by atoms with Gasteiger partial charge in [0.2, 0.25) is 0 Å². The average Bonchev–Trinajstić information content (AvgIpc) is 2.46. The number of benzene rings is 1. The fraction of sp³-hybridized carbons (Fsp3) is 0.500. The molecule has 1 saturated heterocycles. The summed E-state index contributed by atoms with van der Waals surface area (Å²) in [6.07, 6.45) is -6.10. The number of ether oxygens (including phenoxy) is 2. The minimum atomic E-state index is -4.35. The quantitative estimate of drug-likeness (QED) is 0.898. The molecule has 1 aliphatic heterocycles. The number of nitrogens with zero attached hydrogens (tertiary/aromatic N) is 1. The van der Waals surface area contributed by atoms with Gasteiger partial charge in [-0.25, -0.2) is 4.79 Å². The van der Waals surface area contributed by atoms with Gasteiger partial charge in [-0.2, -0.15) is 13.2 Å². The molecular weight excluding hydrogens is 303 g/mol. The average molecular weight is 319 g/mol. The van der Waals surface area contributed by atoms with Crippen LogP contribution in [0.15, 0.2) is 24.3 Å². The predicted molar refractivity (Wildman–Crippen MR) is 70.6 cm³/mol. The molecule has 0 unspecified atom stereocenters. The van der Waals surface area contributed by atoms with Gasteiger partial charge in [0.1, 0.15) is 5.75 Å². The molecular formula is C14H16F3NO4. The smallest absolute Gasteiger partial charge is 0.415 e. The lowest BCUT2D eigenvalue weighted by molar-refractivity contribution is -0.237. The van der Waals surface area contributed by atoms with Gasteiger partial charge in [0.15, 0.2) is 12.7 Å². The number of halogens is 3. The van der Waals surface area contributed by atoms with Crippen LogP contribution >= 0.6 is 0 Å². The van der Waals surface area contributed by atoms with E-state index in [2.05, 4.69) is 0 Å². The van der Waals surface area contributed by atoms with Gasteiger partial charge in [-0.1, -0.05) is 12.1 Å². The highest BCUT2D eigenvalue weighted by Gasteiger charge is 2.43. The van der Waals surface area contributed by atoms with Gasteiger partial charge >= 0.3 is 12.1 Å². The third-order valence-electron chi connectivity index (χ3n) is 3.21. The first-order chi connectivity index (χ1) is 10.3. The van der Waals surface area contributed by atoms with E-state index in [-0.39, 0.29) is 13.2 Å². The molecule has 0 aromatic heterocycles. The number of alkyl halides is 3. The van der Waals surface area contributed by atoms with Gasteiger partial charge in [-0.3, -0.25) is 4.90 Å². The van der Waals surface area contributed by atoms with E-state index in [1.54, 1.807) is 29.2 Å². The molecule has 8 heteroatoms. The second-order valence-electron chi connectivity index (χ2n) is 4.96. The maximum Gasteiger partial charge on any atom is 0.415 e. The lowest BCUT2D eigenvalue weighted by Gasteiger charge is -2.33. The topological polar surface area (TPSA) is 59.0 Å². The Kier molecular flexibility index (Phi) is 5.25. The van der Waals surface area contributed by atoms with E-state index in [0.29, 0.717) is 18.8 Å². The van der Waals surface area contributed by atoms with Crippen molar-refractivity contribution in [2.24, 2.45) is 0 Å². The zero-order valence-corrected chi connectivity index (χ0v) is 11.7. The Morgan fingerprint density at radius 3 is 2.64 bits per heavy atom. The summed E-state index contributed by atoms with van der Waals surface area (Å²) in [6.45, 7) is 0.222. The van der Waals surface area contributed by atoms with E-state index in [4.69, 9.17) is 14.6 Å². The first kappa shape index (κ1) is 16.6. The Hall–Kier alpha value is -1.80. The monoisotopic (exact) mass is 319 g/mol. The van der Waals surface area contributed by atoms with E-state index in [0.717, 1.165) is 5.56 Å². The molecule has 1 fully saturated rings. The number of hydrogen-bond donors (Lipinski definition) is 1. The molecule has 22 heavy (non-hydrogen) atoms. The van der Waals surface area contributed by atoms with Crippen LogP contribution in [0.25, 0.3) is 0 Å². The number of carboxylic acids is 1. The first-order valence-electron chi connectivity index (χ1n) is 6.69. The molecule has 5 nitrogen and oxygen atoms in total. The molecule has 1 heterocycles. The lowest BCUT2D eigenvalue weighted by Crippen LogP contribution is -2.48. The summed E-state index contributed by atoms with van der Waals surface area (Å²) in [5.41, 5.74) is 0.825. The molecule has 0 saturated carbocycles. The number of aliphatic carboxylic acids is 1. The van der Waals surface area contributed by atoms with Crippen molar-refractivity contribution < 1.29 is 32.5 Å². The Labute approximate surface area is 125 Å². The molecule has 122 valence electrons. The third kappa shape index (κ3) is 4.88. The molecule has 0 amide bonds. The van der Waals surface area contributed by atoms with Crippen molar-refractivity contribution in [1.82, 2.24) is 4.90 Å². The summed E-state index contributed by atoms with van der Waals surface area (Å²) < 4.78 is 47.7.